The second-order valence-electron chi connectivity index (χ2n) is 8.29. The lowest BCUT2D eigenvalue weighted by atomic mass is 9.87. The minimum absolute atomic E-state index is 0.0650. The van der Waals surface area contributed by atoms with Gasteiger partial charge < -0.3 is 19.9 Å². The zero-order valence-electron chi connectivity index (χ0n) is 16.8. The summed E-state index contributed by atoms with van der Waals surface area (Å²) in [5.41, 5.74) is 6.56. The molecule has 0 spiro atoms. The van der Waals surface area contributed by atoms with Gasteiger partial charge in [0.05, 0.1) is 13.2 Å². The first kappa shape index (κ1) is 18.3. The third kappa shape index (κ3) is 3.62. The molecule has 2 N–H and O–H groups in total. The summed E-state index contributed by atoms with van der Waals surface area (Å²) in [7, 11) is 0. The molecule has 1 aliphatic carbocycles. The van der Waals surface area contributed by atoms with E-state index in [1.165, 1.54) is 28.8 Å². The van der Waals surface area contributed by atoms with Gasteiger partial charge in [0.15, 0.2) is 0 Å². The summed E-state index contributed by atoms with van der Waals surface area (Å²) in [5.74, 6) is 0.633. The van der Waals surface area contributed by atoms with E-state index in [-0.39, 0.29) is 5.91 Å². The van der Waals surface area contributed by atoms with Crippen molar-refractivity contribution in [3.05, 3.63) is 59.3 Å². The Morgan fingerprint density at radius 1 is 1.14 bits per heavy atom. The van der Waals surface area contributed by atoms with Crippen LogP contribution in [0.3, 0.4) is 0 Å². The Labute approximate surface area is 171 Å². The van der Waals surface area contributed by atoms with E-state index in [2.05, 4.69) is 34.3 Å². The number of aromatic amines is 1. The molecule has 0 bridgehead atoms. The molecule has 2 heterocycles. The number of carbonyl (C=O) groups is 1. The zero-order chi connectivity index (χ0) is 19.8. The van der Waals surface area contributed by atoms with E-state index in [1.54, 1.807) is 0 Å². The number of amides is 1. The van der Waals surface area contributed by atoms with E-state index >= 15 is 0 Å². The number of H-pyrrole nitrogens is 1. The van der Waals surface area contributed by atoms with Crippen LogP contribution in [0.4, 0.5) is 11.4 Å². The fourth-order valence-electron chi connectivity index (χ4n) is 4.51. The molecule has 5 rings (SSSR count). The lowest BCUT2D eigenvalue weighted by Crippen LogP contribution is -2.36. The maximum atomic E-state index is 12.9. The summed E-state index contributed by atoms with van der Waals surface area (Å²) in [4.78, 5) is 18.7. The number of hydrogen-bond acceptors (Lipinski definition) is 3. The van der Waals surface area contributed by atoms with E-state index in [0.717, 1.165) is 50.3 Å². The molecule has 1 aromatic heterocycles. The molecule has 0 radical (unpaired) electrons. The molecule has 1 amide bonds. The van der Waals surface area contributed by atoms with Crippen molar-refractivity contribution >= 4 is 28.2 Å². The smallest absolute Gasteiger partial charge is 0.255 e. The number of morpholine rings is 1. The van der Waals surface area contributed by atoms with Gasteiger partial charge in [-0.05, 0) is 73.2 Å². The van der Waals surface area contributed by atoms with Crippen LogP contribution in [0.2, 0.25) is 0 Å². The molecule has 3 aromatic rings. The Morgan fingerprint density at radius 2 is 1.93 bits per heavy atom. The first-order valence-corrected chi connectivity index (χ1v) is 10.5. The highest BCUT2D eigenvalue weighted by atomic mass is 16.5. The summed E-state index contributed by atoms with van der Waals surface area (Å²) >= 11 is 0. The number of aryl methyl sites for hydroxylation is 1. The topological polar surface area (TPSA) is 57.4 Å². The van der Waals surface area contributed by atoms with E-state index in [4.69, 9.17) is 4.74 Å². The summed E-state index contributed by atoms with van der Waals surface area (Å²) in [5, 5.41) is 4.24. The second-order valence-corrected chi connectivity index (χ2v) is 8.29. The fourth-order valence-corrected chi connectivity index (χ4v) is 4.51. The maximum Gasteiger partial charge on any atom is 0.255 e. The number of fused-ring (bicyclic) bond motifs is 3. The molecular formula is C24H27N3O2. The molecule has 0 saturated carbocycles. The van der Waals surface area contributed by atoms with E-state index < -0.39 is 0 Å². The number of ether oxygens (including phenoxy) is 1. The zero-order valence-corrected chi connectivity index (χ0v) is 16.8. The van der Waals surface area contributed by atoms with Gasteiger partial charge >= 0.3 is 0 Å². The van der Waals surface area contributed by atoms with Gasteiger partial charge in [-0.3, -0.25) is 4.79 Å². The van der Waals surface area contributed by atoms with Crippen molar-refractivity contribution in [2.75, 3.05) is 36.5 Å². The summed E-state index contributed by atoms with van der Waals surface area (Å²) < 4.78 is 5.41. The van der Waals surface area contributed by atoms with Gasteiger partial charge in [-0.1, -0.05) is 6.92 Å². The van der Waals surface area contributed by atoms with Gasteiger partial charge in [0.25, 0.3) is 5.91 Å². The lowest BCUT2D eigenvalue weighted by molar-refractivity contribution is 0.102. The average molecular weight is 389 g/mol. The number of hydrogen-bond donors (Lipinski definition) is 2. The van der Waals surface area contributed by atoms with Gasteiger partial charge in [-0.2, -0.15) is 0 Å². The normalized spacial score (nSPS) is 19.2. The van der Waals surface area contributed by atoms with Crippen LogP contribution in [0.1, 0.15) is 35.0 Å². The molecule has 29 heavy (non-hydrogen) atoms. The first-order valence-electron chi connectivity index (χ1n) is 10.5. The molecule has 1 unspecified atom stereocenters. The van der Waals surface area contributed by atoms with E-state index in [0.29, 0.717) is 11.5 Å². The van der Waals surface area contributed by atoms with Crippen LogP contribution < -0.4 is 10.2 Å². The summed E-state index contributed by atoms with van der Waals surface area (Å²) in [6.07, 6.45) is 3.42. The fraction of sp³-hybridized carbons (Fsp3) is 0.375. The Bertz CT molecular complexity index is 1030. The number of aromatic nitrogens is 1. The summed E-state index contributed by atoms with van der Waals surface area (Å²) in [6, 6.07) is 14.1. The Hall–Kier alpha value is -2.79. The van der Waals surface area contributed by atoms with E-state index in [1.807, 2.05) is 30.3 Å². The minimum atomic E-state index is -0.0650. The third-order valence-corrected chi connectivity index (χ3v) is 6.20. The molecule has 150 valence electrons. The van der Waals surface area contributed by atoms with Gasteiger partial charge in [0.2, 0.25) is 0 Å². The quantitative estimate of drug-likeness (QED) is 0.699. The molecule has 1 aliphatic heterocycles. The maximum absolute atomic E-state index is 12.9. The van der Waals surface area contributed by atoms with Gasteiger partial charge in [0, 0.05) is 46.6 Å². The van der Waals surface area contributed by atoms with Crippen molar-refractivity contribution in [3.63, 3.8) is 0 Å². The monoisotopic (exact) mass is 389 g/mol. The molecule has 5 heteroatoms. The molecule has 2 aliphatic rings. The Morgan fingerprint density at radius 3 is 2.72 bits per heavy atom. The van der Waals surface area contributed by atoms with Crippen LogP contribution in [0.5, 0.6) is 0 Å². The van der Waals surface area contributed by atoms with Crippen molar-refractivity contribution in [3.8, 4) is 0 Å². The largest absolute Gasteiger partial charge is 0.378 e. The average Bonchev–Trinajstić information content (AvgIpc) is 3.12. The molecule has 2 aromatic carbocycles. The molecule has 1 atom stereocenters. The van der Waals surface area contributed by atoms with Crippen LogP contribution in [0, 0.1) is 5.92 Å². The van der Waals surface area contributed by atoms with Crippen molar-refractivity contribution in [1.82, 2.24) is 4.98 Å². The predicted octanol–water partition coefficient (Wildman–Crippen LogP) is 4.38. The van der Waals surface area contributed by atoms with Crippen molar-refractivity contribution in [2.24, 2.45) is 5.92 Å². The van der Waals surface area contributed by atoms with Crippen LogP contribution in [0.25, 0.3) is 10.9 Å². The van der Waals surface area contributed by atoms with Crippen LogP contribution in [0.15, 0.2) is 42.5 Å². The van der Waals surface area contributed by atoms with Crippen LogP contribution in [-0.2, 0) is 17.6 Å². The third-order valence-electron chi connectivity index (χ3n) is 6.20. The first-order chi connectivity index (χ1) is 14.2. The second kappa shape index (κ2) is 7.56. The molecular weight excluding hydrogens is 362 g/mol. The summed E-state index contributed by atoms with van der Waals surface area (Å²) in [6.45, 7) is 5.65. The predicted molar refractivity (Wildman–Crippen MR) is 117 cm³/mol. The van der Waals surface area contributed by atoms with Gasteiger partial charge in [0.1, 0.15) is 0 Å². The Balaban J connectivity index is 1.34. The van der Waals surface area contributed by atoms with Crippen molar-refractivity contribution in [2.45, 2.75) is 26.2 Å². The highest BCUT2D eigenvalue weighted by Gasteiger charge is 2.20. The van der Waals surface area contributed by atoms with Crippen LogP contribution in [-0.4, -0.2) is 37.2 Å². The lowest BCUT2D eigenvalue weighted by Gasteiger charge is -2.28. The molecule has 1 saturated heterocycles. The van der Waals surface area contributed by atoms with E-state index in [9.17, 15) is 4.79 Å². The van der Waals surface area contributed by atoms with Crippen molar-refractivity contribution < 1.29 is 9.53 Å². The standard InChI is InChI=1S/C24H27N3O2/c1-16-2-8-22-20(14-16)21-15-17(3-9-23(21)26-22)24(28)25-18-4-6-19(7-5-18)27-10-12-29-13-11-27/h3-7,9,15-16,26H,2,8,10-14H2,1H3,(H,25,28). The van der Waals surface area contributed by atoms with Gasteiger partial charge in [-0.15, -0.1) is 0 Å². The number of rotatable bonds is 3. The molecule has 5 nitrogen and oxygen atoms in total. The number of nitrogens with one attached hydrogen (secondary N) is 2. The number of benzene rings is 2. The highest BCUT2D eigenvalue weighted by Crippen LogP contribution is 2.32. The minimum Gasteiger partial charge on any atom is -0.378 e. The van der Waals surface area contributed by atoms with Gasteiger partial charge in [-0.25, -0.2) is 0 Å². The number of carbonyl (C=O) groups excluding carboxylic acids is 1. The Kier molecular flexibility index (Phi) is 4.76. The SMILES string of the molecule is CC1CCc2[nH]c3ccc(C(=O)Nc4ccc(N5CCOCC5)cc4)cc3c2C1. The number of anilines is 2. The molecule has 1 fully saturated rings. The number of nitrogens with zero attached hydrogens (tertiary/aromatic N) is 1. The highest BCUT2D eigenvalue weighted by molar-refractivity contribution is 6.06. The van der Waals surface area contributed by atoms with Crippen LogP contribution >= 0.6 is 0 Å². The van der Waals surface area contributed by atoms with Crippen molar-refractivity contribution in [1.29, 1.82) is 0 Å².